The molecule has 2 rings (SSSR count). The Labute approximate surface area is 109 Å². The van der Waals surface area contributed by atoms with Crippen molar-refractivity contribution >= 4 is 11.7 Å². The van der Waals surface area contributed by atoms with Gasteiger partial charge in [0, 0.05) is 5.56 Å². The molecule has 0 saturated heterocycles. The Morgan fingerprint density at radius 2 is 2.00 bits per heavy atom. The lowest BCUT2D eigenvalue weighted by Gasteiger charge is -2.30. The SMILES string of the molecule is CCCC[C@@]1(C)C=C(c2ccccc2)OC(=O)C1. The fraction of sp³-hybridized carbons (Fsp3) is 0.438. The van der Waals surface area contributed by atoms with E-state index in [1.807, 2.05) is 30.3 Å². The van der Waals surface area contributed by atoms with Gasteiger partial charge < -0.3 is 4.74 Å². The number of ether oxygens (including phenoxy) is 1. The quantitative estimate of drug-likeness (QED) is 0.743. The van der Waals surface area contributed by atoms with Gasteiger partial charge in [-0.2, -0.15) is 0 Å². The van der Waals surface area contributed by atoms with Crippen LogP contribution in [0, 0.1) is 5.41 Å². The van der Waals surface area contributed by atoms with Crippen molar-refractivity contribution in [2.45, 2.75) is 39.5 Å². The second kappa shape index (κ2) is 5.38. The number of allylic oxidation sites excluding steroid dienone is 1. The van der Waals surface area contributed by atoms with Crippen molar-refractivity contribution in [3.05, 3.63) is 42.0 Å². The molecule has 1 aromatic rings. The van der Waals surface area contributed by atoms with Crippen LogP contribution in [0.15, 0.2) is 36.4 Å². The Morgan fingerprint density at radius 1 is 1.28 bits per heavy atom. The van der Waals surface area contributed by atoms with E-state index in [1.165, 1.54) is 0 Å². The second-order valence-corrected chi connectivity index (χ2v) is 5.28. The van der Waals surface area contributed by atoms with Gasteiger partial charge in [-0.1, -0.05) is 57.0 Å². The molecule has 0 bridgehead atoms. The monoisotopic (exact) mass is 244 g/mol. The zero-order valence-corrected chi connectivity index (χ0v) is 11.1. The van der Waals surface area contributed by atoms with Crippen LogP contribution in [0.2, 0.25) is 0 Å². The van der Waals surface area contributed by atoms with Gasteiger partial charge in [0.25, 0.3) is 0 Å². The van der Waals surface area contributed by atoms with Crippen molar-refractivity contribution in [1.29, 1.82) is 0 Å². The van der Waals surface area contributed by atoms with Crippen molar-refractivity contribution in [1.82, 2.24) is 0 Å². The number of carbonyl (C=O) groups excluding carboxylic acids is 1. The molecule has 0 unspecified atom stereocenters. The average Bonchev–Trinajstić information content (AvgIpc) is 2.36. The third-order valence-corrected chi connectivity index (χ3v) is 3.41. The molecule has 1 atom stereocenters. The average molecular weight is 244 g/mol. The first-order valence-corrected chi connectivity index (χ1v) is 6.62. The van der Waals surface area contributed by atoms with Crippen LogP contribution in [0.25, 0.3) is 5.76 Å². The summed E-state index contributed by atoms with van der Waals surface area (Å²) in [5.41, 5.74) is 0.921. The van der Waals surface area contributed by atoms with Gasteiger partial charge in [0.1, 0.15) is 5.76 Å². The van der Waals surface area contributed by atoms with Gasteiger partial charge in [0.2, 0.25) is 0 Å². The van der Waals surface area contributed by atoms with Crippen LogP contribution in [-0.4, -0.2) is 5.97 Å². The van der Waals surface area contributed by atoms with Crippen molar-refractivity contribution in [3.8, 4) is 0 Å². The lowest BCUT2D eigenvalue weighted by Crippen LogP contribution is -2.25. The molecule has 1 aliphatic heterocycles. The van der Waals surface area contributed by atoms with Crippen LogP contribution < -0.4 is 0 Å². The molecule has 0 fully saturated rings. The van der Waals surface area contributed by atoms with Crippen molar-refractivity contribution in [2.75, 3.05) is 0 Å². The summed E-state index contributed by atoms with van der Waals surface area (Å²) in [5.74, 6) is 0.598. The standard InChI is InChI=1S/C16H20O2/c1-3-4-10-16(2)11-14(18-15(17)12-16)13-8-6-5-7-9-13/h5-9,11H,3-4,10,12H2,1-2H3/t16-/m0/s1. The molecule has 0 aliphatic carbocycles. The van der Waals surface area contributed by atoms with E-state index in [4.69, 9.17) is 4.74 Å². The van der Waals surface area contributed by atoms with Crippen molar-refractivity contribution < 1.29 is 9.53 Å². The van der Waals surface area contributed by atoms with Crippen LogP contribution in [0.5, 0.6) is 0 Å². The number of unbranched alkanes of at least 4 members (excludes halogenated alkanes) is 1. The maximum Gasteiger partial charge on any atom is 0.312 e. The molecule has 0 radical (unpaired) electrons. The zero-order valence-electron chi connectivity index (χ0n) is 11.1. The van der Waals surface area contributed by atoms with Crippen LogP contribution in [0.1, 0.15) is 45.1 Å². The Morgan fingerprint density at radius 3 is 2.67 bits per heavy atom. The predicted molar refractivity (Wildman–Crippen MR) is 72.8 cm³/mol. The molecule has 2 heteroatoms. The van der Waals surface area contributed by atoms with E-state index < -0.39 is 0 Å². The molecule has 96 valence electrons. The lowest BCUT2D eigenvalue weighted by molar-refractivity contribution is -0.139. The summed E-state index contributed by atoms with van der Waals surface area (Å²) in [6.07, 6.45) is 5.94. The first-order valence-electron chi connectivity index (χ1n) is 6.62. The predicted octanol–water partition coefficient (Wildman–Crippen LogP) is 4.17. The molecular formula is C16H20O2. The van der Waals surface area contributed by atoms with Gasteiger partial charge in [-0.3, -0.25) is 4.79 Å². The molecule has 2 nitrogen and oxygen atoms in total. The number of esters is 1. The van der Waals surface area contributed by atoms with E-state index in [2.05, 4.69) is 19.9 Å². The number of hydrogen-bond donors (Lipinski definition) is 0. The Hall–Kier alpha value is -1.57. The fourth-order valence-electron chi connectivity index (χ4n) is 2.37. The molecule has 0 amide bonds. The Bertz CT molecular complexity index is 447. The maximum atomic E-state index is 11.8. The topological polar surface area (TPSA) is 26.3 Å². The first kappa shape index (κ1) is 12.9. The highest BCUT2D eigenvalue weighted by atomic mass is 16.5. The third kappa shape index (κ3) is 3.00. The minimum Gasteiger partial charge on any atom is -0.426 e. The maximum absolute atomic E-state index is 11.8. The molecule has 0 N–H and O–H groups in total. The highest BCUT2D eigenvalue weighted by Crippen LogP contribution is 2.38. The summed E-state index contributed by atoms with van der Waals surface area (Å²) in [7, 11) is 0. The fourth-order valence-corrected chi connectivity index (χ4v) is 2.37. The van der Waals surface area contributed by atoms with Gasteiger partial charge in [0.15, 0.2) is 0 Å². The normalized spacial score (nSPS) is 23.4. The Kier molecular flexibility index (Phi) is 3.85. The molecule has 1 aromatic carbocycles. The van der Waals surface area contributed by atoms with Gasteiger partial charge in [-0.25, -0.2) is 0 Å². The van der Waals surface area contributed by atoms with E-state index >= 15 is 0 Å². The number of hydrogen-bond acceptors (Lipinski definition) is 2. The number of rotatable bonds is 4. The zero-order chi connectivity index (χ0) is 13.0. The third-order valence-electron chi connectivity index (χ3n) is 3.41. The largest absolute Gasteiger partial charge is 0.426 e. The van der Waals surface area contributed by atoms with Gasteiger partial charge in [0.05, 0.1) is 6.42 Å². The van der Waals surface area contributed by atoms with Gasteiger partial charge in [-0.05, 0) is 17.9 Å². The van der Waals surface area contributed by atoms with E-state index in [1.54, 1.807) is 0 Å². The van der Waals surface area contributed by atoms with Crippen molar-refractivity contribution in [2.24, 2.45) is 5.41 Å². The van der Waals surface area contributed by atoms with E-state index in [-0.39, 0.29) is 11.4 Å². The number of carbonyl (C=O) groups is 1. The first-order chi connectivity index (χ1) is 8.63. The molecular weight excluding hydrogens is 224 g/mol. The summed E-state index contributed by atoms with van der Waals surface area (Å²) in [4.78, 5) is 11.8. The summed E-state index contributed by atoms with van der Waals surface area (Å²) < 4.78 is 5.37. The highest BCUT2D eigenvalue weighted by molar-refractivity contribution is 5.81. The van der Waals surface area contributed by atoms with Crippen LogP contribution in [-0.2, 0) is 9.53 Å². The smallest absolute Gasteiger partial charge is 0.312 e. The summed E-state index contributed by atoms with van der Waals surface area (Å²) in [6.45, 7) is 4.32. The minimum atomic E-state index is -0.116. The molecule has 1 heterocycles. The number of cyclic esters (lactones) is 1. The van der Waals surface area contributed by atoms with E-state index in [0.29, 0.717) is 12.2 Å². The highest BCUT2D eigenvalue weighted by Gasteiger charge is 2.31. The van der Waals surface area contributed by atoms with E-state index in [0.717, 1.165) is 24.8 Å². The van der Waals surface area contributed by atoms with Crippen LogP contribution >= 0.6 is 0 Å². The summed E-state index contributed by atoms with van der Waals surface area (Å²) in [6, 6.07) is 9.84. The van der Waals surface area contributed by atoms with Crippen molar-refractivity contribution in [3.63, 3.8) is 0 Å². The van der Waals surface area contributed by atoms with Crippen LogP contribution in [0.3, 0.4) is 0 Å². The number of benzene rings is 1. The molecule has 1 aliphatic rings. The van der Waals surface area contributed by atoms with Gasteiger partial charge in [-0.15, -0.1) is 0 Å². The lowest BCUT2D eigenvalue weighted by atomic mass is 9.79. The minimum absolute atomic E-state index is 0.0590. The van der Waals surface area contributed by atoms with E-state index in [9.17, 15) is 4.79 Å². The second-order valence-electron chi connectivity index (χ2n) is 5.28. The molecule has 0 saturated carbocycles. The summed E-state index contributed by atoms with van der Waals surface area (Å²) in [5, 5.41) is 0. The van der Waals surface area contributed by atoms with Gasteiger partial charge >= 0.3 is 5.97 Å². The Balaban J connectivity index is 2.26. The molecule has 0 aromatic heterocycles. The summed E-state index contributed by atoms with van der Waals surface area (Å²) >= 11 is 0. The molecule has 0 spiro atoms. The molecule has 18 heavy (non-hydrogen) atoms. The van der Waals surface area contributed by atoms with Crippen LogP contribution in [0.4, 0.5) is 0 Å².